The molecule has 3 aliphatic heterocycles. The Labute approximate surface area is 166 Å². The molecule has 7 nitrogen and oxygen atoms in total. The third-order valence-electron chi connectivity index (χ3n) is 5.66. The number of rotatable bonds is 2. The summed E-state index contributed by atoms with van der Waals surface area (Å²) in [5, 5.41) is 2.77. The highest BCUT2D eigenvalue weighted by Crippen LogP contribution is 2.35. The van der Waals surface area contributed by atoms with Crippen LogP contribution in [0.2, 0.25) is 0 Å². The van der Waals surface area contributed by atoms with Crippen LogP contribution in [0.4, 0.5) is 10.5 Å². The van der Waals surface area contributed by atoms with Crippen molar-refractivity contribution in [3.63, 3.8) is 0 Å². The number of carbonyl (C=O) groups excluding carboxylic acids is 3. The Morgan fingerprint density at radius 3 is 2.56 bits per heavy atom. The fourth-order valence-electron chi connectivity index (χ4n) is 4.40. The molecular formula is C19H22BrN3O4. The molecule has 1 spiro atoms. The van der Waals surface area contributed by atoms with Gasteiger partial charge in [0.2, 0.25) is 5.91 Å². The zero-order valence-corrected chi connectivity index (χ0v) is 17.0. The van der Waals surface area contributed by atoms with E-state index < -0.39 is 17.6 Å². The Kier molecular flexibility index (Phi) is 4.50. The molecule has 27 heavy (non-hydrogen) atoms. The Bertz CT molecular complexity index is 811. The summed E-state index contributed by atoms with van der Waals surface area (Å²) in [5.74, 6) is -0.538. The highest BCUT2D eigenvalue weighted by molar-refractivity contribution is 9.10. The molecule has 3 fully saturated rings. The van der Waals surface area contributed by atoms with E-state index in [0.29, 0.717) is 26.0 Å². The maximum Gasteiger partial charge on any atom is 0.325 e. The SMILES string of the molecule is Cc1cc(Br)cc(C)c1N1CCC[C@@H](N2C(=O)N[C@@]3(CCOC3)C2=O)C1=O. The summed E-state index contributed by atoms with van der Waals surface area (Å²) in [5.41, 5.74) is 1.82. The number of nitrogens with one attached hydrogen (secondary N) is 1. The molecule has 1 aromatic carbocycles. The Balaban J connectivity index is 1.65. The second-order valence-electron chi connectivity index (χ2n) is 7.53. The molecule has 0 unspecified atom stereocenters. The summed E-state index contributed by atoms with van der Waals surface area (Å²) in [6.07, 6.45) is 1.66. The number of carbonyl (C=O) groups is 3. The standard InChI is InChI=1S/C19H22BrN3O4/c1-11-8-13(20)9-12(2)15(11)22-6-3-4-14(16(22)24)23-17(25)19(21-18(23)26)5-7-27-10-19/h8-9,14H,3-7,10H2,1-2H3,(H,21,26)/t14-,19-/m1/s1. The normalized spacial score (nSPS) is 28.4. The number of amides is 4. The molecule has 0 aromatic heterocycles. The van der Waals surface area contributed by atoms with Crippen molar-refractivity contribution >= 4 is 39.5 Å². The summed E-state index contributed by atoms with van der Waals surface area (Å²) < 4.78 is 6.29. The van der Waals surface area contributed by atoms with E-state index in [9.17, 15) is 14.4 Å². The fraction of sp³-hybridized carbons (Fsp3) is 0.526. The van der Waals surface area contributed by atoms with Gasteiger partial charge in [-0.25, -0.2) is 9.69 Å². The first-order valence-electron chi connectivity index (χ1n) is 9.16. The number of benzene rings is 1. The highest BCUT2D eigenvalue weighted by Gasteiger charge is 2.57. The molecule has 144 valence electrons. The quantitative estimate of drug-likeness (QED) is 0.722. The van der Waals surface area contributed by atoms with Gasteiger partial charge in [0.15, 0.2) is 0 Å². The van der Waals surface area contributed by atoms with Crippen LogP contribution in [0.3, 0.4) is 0 Å². The lowest BCUT2D eigenvalue weighted by Crippen LogP contribution is -2.56. The predicted molar refractivity (Wildman–Crippen MR) is 103 cm³/mol. The molecular weight excluding hydrogens is 414 g/mol. The number of urea groups is 1. The first-order chi connectivity index (χ1) is 12.8. The van der Waals surface area contributed by atoms with Crippen molar-refractivity contribution < 1.29 is 19.1 Å². The van der Waals surface area contributed by atoms with Gasteiger partial charge in [-0.05, 0) is 49.9 Å². The maximum absolute atomic E-state index is 13.3. The van der Waals surface area contributed by atoms with E-state index in [1.807, 2.05) is 26.0 Å². The van der Waals surface area contributed by atoms with Crippen molar-refractivity contribution in [2.24, 2.45) is 0 Å². The second kappa shape index (κ2) is 6.60. The highest BCUT2D eigenvalue weighted by atomic mass is 79.9. The van der Waals surface area contributed by atoms with Gasteiger partial charge in [0, 0.05) is 29.7 Å². The number of halogens is 1. The lowest BCUT2D eigenvalue weighted by atomic mass is 9.96. The molecule has 4 rings (SSSR count). The number of hydrogen-bond donors (Lipinski definition) is 1. The van der Waals surface area contributed by atoms with E-state index in [1.54, 1.807) is 4.90 Å². The van der Waals surface area contributed by atoms with E-state index in [0.717, 1.165) is 32.6 Å². The summed E-state index contributed by atoms with van der Waals surface area (Å²) in [6.45, 7) is 5.10. The smallest absolute Gasteiger partial charge is 0.325 e. The lowest BCUT2D eigenvalue weighted by molar-refractivity contribution is -0.138. The number of aryl methyl sites for hydroxylation is 2. The number of anilines is 1. The minimum atomic E-state index is -0.997. The number of piperidine rings is 1. The van der Waals surface area contributed by atoms with Crippen molar-refractivity contribution in [3.8, 4) is 0 Å². The van der Waals surface area contributed by atoms with Gasteiger partial charge >= 0.3 is 6.03 Å². The Morgan fingerprint density at radius 1 is 1.22 bits per heavy atom. The van der Waals surface area contributed by atoms with E-state index in [1.165, 1.54) is 0 Å². The third kappa shape index (κ3) is 2.86. The molecule has 1 N–H and O–H groups in total. The monoisotopic (exact) mass is 435 g/mol. The third-order valence-corrected chi connectivity index (χ3v) is 6.12. The summed E-state index contributed by atoms with van der Waals surface area (Å²) in [7, 11) is 0. The van der Waals surface area contributed by atoms with E-state index in [2.05, 4.69) is 21.2 Å². The molecule has 3 saturated heterocycles. The van der Waals surface area contributed by atoms with E-state index >= 15 is 0 Å². The van der Waals surface area contributed by atoms with Gasteiger partial charge in [0.25, 0.3) is 5.91 Å². The molecule has 0 saturated carbocycles. The fourth-order valence-corrected chi connectivity index (χ4v) is 5.09. The zero-order chi connectivity index (χ0) is 19.3. The van der Waals surface area contributed by atoms with Crippen molar-refractivity contribution in [3.05, 3.63) is 27.7 Å². The molecule has 3 aliphatic rings. The molecule has 0 radical (unpaired) electrons. The van der Waals surface area contributed by atoms with Gasteiger partial charge < -0.3 is 15.0 Å². The Hall–Kier alpha value is -1.93. The number of imide groups is 1. The van der Waals surface area contributed by atoms with Crippen LogP contribution in [0.15, 0.2) is 16.6 Å². The number of ether oxygens (including phenoxy) is 1. The van der Waals surface area contributed by atoms with Gasteiger partial charge in [0.1, 0.15) is 11.6 Å². The topological polar surface area (TPSA) is 79.0 Å². The molecule has 3 heterocycles. The number of hydrogen-bond acceptors (Lipinski definition) is 4. The summed E-state index contributed by atoms with van der Waals surface area (Å²) in [6, 6.07) is 2.68. The van der Waals surface area contributed by atoms with Crippen LogP contribution in [0, 0.1) is 13.8 Å². The summed E-state index contributed by atoms with van der Waals surface area (Å²) in [4.78, 5) is 41.7. The van der Waals surface area contributed by atoms with Crippen LogP contribution in [0.1, 0.15) is 30.4 Å². The van der Waals surface area contributed by atoms with Gasteiger partial charge in [-0.15, -0.1) is 0 Å². The zero-order valence-electron chi connectivity index (χ0n) is 15.4. The molecule has 0 bridgehead atoms. The van der Waals surface area contributed by atoms with E-state index in [4.69, 9.17) is 4.74 Å². The van der Waals surface area contributed by atoms with Crippen LogP contribution in [0.5, 0.6) is 0 Å². The first kappa shape index (κ1) is 18.4. The minimum absolute atomic E-state index is 0.170. The molecule has 0 aliphatic carbocycles. The van der Waals surface area contributed by atoms with Crippen LogP contribution < -0.4 is 10.2 Å². The largest absolute Gasteiger partial charge is 0.378 e. The number of nitrogens with zero attached hydrogens (tertiary/aromatic N) is 2. The molecule has 4 amide bonds. The van der Waals surface area contributed by atoms with Gasteiger partial charge in [-0.3, -0.25) is 9.59 Å². The van der Waals surface area contributed by atoms with Crippen LogP contribution >= 0.6 is 15.9 Å². The predicted octanol–water partition coefficient (Wildman–Crippen LogP) is 2.27. The van der Waals surface area contributed by atoms with Crippen molar-refractivity contribution in [1.82, 2.24) is 10.2 Å². The van der Waals surface area contributed by atoms with Crippen LogP contribution in [0.25, 0.3) is 0 Å². The maximum atomic E-state index is 13.3. The van der Waals surface area contributed by atoms with Crippen molar-refractivity contribution in [1.29, 1.82) is 0 Å². The molecule has 2 atom stereocenters. The van der Waals surface area contributed by atoms with Crippen molar-refractivity contribution in [2.75, 3.05) is 24.7 Å². The van der Waals surface area contributed by atoms with E-state index in [-0.39, 0.29) is 18.4 Å². The summed E-state index contributed by atoms with van der Waals surface area (Å²) >= 11 is 3.48. The lowest BCUT2D eigenvalue weighted by Gasteiger charge is -2.37. The molecule has 8 heteroatoms. The van der Waals surface area contributed by atoms with Gasteiger partial charge in [0.05, 0.1) is 6.61 Å². The average Bonchev–Trinajstić information content (AvgIpc) is 3.15. The van der Waals surface area contributed by atoms with Crippen molar-refractivity contribution in [2.45, 2.75) is 44.7 Å². The molecule has 1 aromatic rings. The van der Waals surface area contributed by atoms with Gasteiger partial charge in [-0.1, -0.05) is 15.9 Å². The van der Waals surface area contributed by atoms with Crippen LogP contribution in [-0.2, 0) is 14.3 Å². The first-order valence-corrected chi connectivity index (χ1v) is 9.95. The average molecular weight is 436 g/mol. The van der Waals surface area contributed by atoms with Gasteiger partial charge in [-0.2, -0.15) is 0 Å². The second-order valence-corrected chi connectivity index (χ2v) is 8.44. The van der Waals surface area contributed by atoms with Crippen LogP contribution in [-0.4, -0.2) is 54.1 Å². The Morgan fingerprint density at radius 2 is 1.93 bits per heavy atom. The minimum Gasteiger partial charge on any atom is -0.378 e.